The zero-order valence-electron chi connectivity index (χ0n) is 24.6. The Morgan fingerprint density at radius 1 is 0.837 bits per heavy atom. The molecule has 2 fully saturated rings. The molecule has 0 atom stereocenters. The van der Waals surface area contributed by atoms with Crippen molar-refractivity contribution in [2.45, 2.75) is 38.9 Å². The molecular formula is C35H37N5O3. The van der Waals surface area contributed by atoms with Crippen molar-refractivity contribution in [2.24, 2.45) is 0 Å². The van der Waals surface area contributed by atoms with Crippen LogP contribution in [-0.2, 0) is 13.1 Å². The predicted octanol–water partition coefficient (Wildman–Crippen LogP) is 4.97. The van der Waals surface area contributed by atoms with Gasteiger partial charge in [-0.1, -0.05) is 42.0 Å². The fourth-order valence-electron chi connectivity index (χ4n) is 5.97. The lowest BCUT2D eigenvalue weighted by molar-refractivity contribution is 0.0628. The number of carbonyl (C=O) groups is 2. The van der Waals surface area contributed by atoms with Crippen LogP contribution in [0.15, 0.2) is 77.2 Å². The number of rotatable bonds is 7. The molecule has 0 spiro atoms. The molecule has 0 saturated carbocycles. The second-order valence-corrected chi connectivity index (χ2v) is 11.7. The molecule has 0 bridgehead atoms. The SMILES string of the molecule is Cc1ccc(CN2CCN(C(=O)c3ccc4oc(C(=O)NC5CCN(Cc6ccc(C#N)cc6)CC5)cc4c3)CC2)cc1. The van der Waals surface area contributed by atoms with Gasteiger partial charge >= 0.3 is 0 Å². The highest BCUT2D eigenvalue weighted by molar-refractivity contribution is 6.00. The van der Waals surface area contributed by atoms with Crippen molar-refractivity contribution in [1.29, 1.82) is 5.26 Å². The summed E-state index contributed by atoms with van der Waals surface area (Å²) < 4.78 is 5.87. The van der Waals surface area contributed by atoms with E-state index in [1.807, 2.05) is 35.2 Å². The zero-order chi connectivity index (χ0) is 29.8. The monoisotopic (exact) mass is 575 g/mol. The van der Waals surface area contributed by atoms with Crippen LogP contribution >= 0.6 is 0 Å². The van der Waals surface area contributed by atoms with Gasteiger partial charge in [-0.15, -0.1) is 0 Å². The highest BCUT2D eigenvalue weighted by Gasteiger charge is 2.25. The molecule has 2 aliphatic rings. The van der Waals surface area contributed by atoms with Crippen LogP contribution in [-0.4, -0.2) is 71.8 Å². The first-order chi connectivity index (χ1) is 20.9. The Balaban J connectivity index is 0.996. The van der Waals surface area contributed by atoms with Gasteiger partial charge in [-0.2, -0.15) is 5.26 Å². The summed E-state index contributed by atoms with van der Waals surface area (Å²) in [4.78, 5) is 33.0. The highest BCUT2D eigenvalue weighted by atomic mass is 16.3. The zero-order valence-corrected chi connectivity index (χ0v) is 24.6. The Kier molecular flexibility index (Phi) is 8.55. The van der Waals surface area contributed by atoms with E-state index in [0.717, 1.165) is 57.5 Å². The van der Waals surface area contributed by atoms with Crippen LogP contribution in [0, 0.1) is 18.3 Å². The molecule has 0 unspecified atom stereocenters. The number of hydrogen-bond acceptors (Lipinski definition) is 6. The summed E-state index contributed by atoms with van der Waals surface area (Å²) in [5.41, 5.74) is 5.61. The van der Waals surface area contributed by atoms with Gasteiger partial charge in [0.25, 0.3) is 11.8 Å². The number of aryl methyl sites for hydroxylation is 1. The Bertz CT molecular complexity index is 1620. The second kappa shape index (κ2) is 12.8. The molecule has 8 nitrogen and oxygen atoms in total. The Hall–Kier alpha value is -4.45. The summed E-state index contributed by atoms with van der Waals surface area (Å²) in [6.07, 6.45) is 1.72. The van der Waals surface area contributed by atoms with Crippen LogP contribution < -0.4 is 5.32 Å². The normalized spacial score (nSPS) is 16.7. The number of furan rings is 1. The van der Waals surface area contributed by atoms with Gasteiger partial charge in [0.1, 0.15) is 5.58 Å². The molecule has 3 aromatic carbocycles. The minimum Gasteiger partial charge on any atom is -0.451 e. The summed E-state index contributed by atoms with van der Waals surface area (Å²) in [6.45, 7) is 8.65. The van der Waals surface area contributed by atoms with Crippen LogP contribution in [0.5, 0.6) is 0 Å². The maximum absolute atomic E-state index is 13.3. The van der Waals surface area contributed by atoms with Gasteiger partial charge in [0.2, 0.25) is 0 Å². The molecule has 1 aromatic heterocycles. The maximum atomic E-state index is 13.3. The fourth-order valence-corrected chi connectivity index (χ4v) is 5.97. The van der Waals surface area contributed by atoms with Crippen molar-refractivity contribution in [3.63, 3.8) is 0 Å². The molecule has 0 aliphatic carbocycles. The molecule has 6 rings (SSSR count). The quantitative estimate of drug-likeness (QED) is 0.335. The number of benzene rings is 3. The number of nitrogens with one attached hydrogen (secondary N) is 1. The van der Waals surface area contributed by atoms with E-state index in [9.17, 15) is 9.59 Å². The number of likely N-dealkylation sites (tertiary alicyclic amines) is 1. The lowest BCUT2D eigenvalue weighted by Crippen LogP contribution is -2.48. The lowest BCUT2D eigenvalue weighted by atomic mass is 10.0. The fraction of sp³-hybridized carbons (Fsp3) is 0.343. The largest absolute Gasteiger partial charge is 0.451 e. The minimum absolute atomic E-state index is 0.0110. The van der Waals surface area contributed by atoms with Crippen molar-refractivity contribution in [2.75, 3.05) is 39.3 Å². The van der Waals surface area contributed by atoms with Crippen LogP contribution in [0.2, 0.25) is 0 Å². The smallest absolute Gasteiger partial charge is 0.287 e. The number of carbonyl (C=O) groups excluding carboxylic acids is 2. The first-order valence-corrected chi connectivity index (χ1v) is 15.1. The highest BCUT2D eigenvalue weighted by Crippen LogP contribution is 2.23. The third kappa shape index (κ3) is 6.96. The Morgan fingerprint density at radius 2 is 1.47 bits per heavy atom. The second-order valence-electron chi connectivity index (χ2n) is 11.7. The van der Waals surface area contributed by atoms with E-state index in [0.29, 0.717) is 29.8 Å². The first kappa shape index (κ1) is 28.7. The summed E-state index contributed by atoms with van der Waals surface area (Å²) in [6, 6.07) is 25.7. The maximum Gasteiger partial charge on any atom is 0.287 e. The number of nitrogens with zero attached hydrogens (tertiary/aromatic N) is 4. The van der Waals surface area contributed by atoms with Gasteiger partial charge in [-0.05, 0) is 67.3 Å². The van der Waals surface area contributed by atoms with E-state index in [-0.39, 0.29) is 23.6 Å². The number of amides is 2. The van der Waals surface area contributed by atoms with E-state index in [1.54, 1.807) is 18.2 Å². The first-order valence-electron chi connectivity index (χ1n) is 15.1. The van der Waals surface area contributed by atoms with Crippen molar-refractivity contribution < 1.29 is 14.0 Å². The van der Waals surface area contributed by atoms with Crippen LogP contribution in [0.4, 0.5) is 0 Å². The van der Waals surface area contributed by atoms with E-state index in [1.165, 1.54) is 16.7 Å². The van der Waals surface area contributed by atoms with E-state index in [4.69, 9.17) is 9.68 Å². The van der Waals surface area contributed by atoms with Crippen LogP contribution in [0.1, 0.15) is 56.0 Å². The van der Waals surface area contributed by atoms with Crippen molar-refractivity contribution in [1.82, 2.24) is 20.0 Å². The molecule has 2 saturated heterocycles. The van der Waals surface area contributed by atoms with E-state index >= 15 is 0 Å². The van der Waals surface area contributed by atoms with E-state index < -0.39 is 0 Å². The van der Waals surface area contributed by atoms with E-state index in [2.05, 4.69) is 52.4 Å². The number of fused-ring (bicyclic) bond motifs is 1. The standard InChI is InChI=1S/C35H37N5O3/c1-25-2-4-27(5-3-25)24-39-16-18-40(19-17-39)35(42)29-10-11-32-30(20-29)21-33(43-32)34(41)37-31-12-14-38(15-13-31)23-28-8-6-26(22-36)7-9-28/h2-11,20-21,31H,12-19,23-24H2,1H3,(H,37,41). The van der Waals surface area contributed by atoms with Gasteiger partial charge in [0.15, 0.2) is 5.76 Å². The molecule has 4 aromatic rings. The van der Waals surface area contributed by atoms with Crippen molar-refractivity contribution in [3.8, 4) is 6.07 Å². The number of piperidine rings is 1. The third-order valence-corrected chi connectivity index (χ3v) is 8.59. The number of hydrogen-bond donors (Lipinski definition) is 1. The average Bonchev–Trinajstić information content (AvgIpc) is 3.47. The summed E-state index contributed by atoms with van der Waals surface area (Å²) >= 11 is 0. The predicted molar refractivity (Wildman–Crippen MR) is 165 cm³/mol. The van der Waals surface area contributed by atoms with Crippen molar-refractivity contribution in [3.05, 3.63) is 106 Å². The Labute approximate surface area is 252 Å². The van der Waals surface area contributed by atoms with Gasteiger partial charge in [0, 0.05) is 69.3 Å². The van der Waals surface area contributed by atoms with Crippen molar-refractivity contribution >= 4 is 22.8 Å². The van der Waals surface area contributed by atoms with Gasteiger partial charge in [-0.3, -0.25) is 19.4 Å². The third-order valence-electron chi connectivity index (χ3n) is 8.59. The van der Waals surface area contributed by atoms with Gasteiger partial charge in [-0.25, -0.2) is 0 Å². The molecule has 43 heavy (non-hydrogen) atoms. The Morgan fingerprint density at radius 3 is 2.12 bits per heavy atom. The number of piperazine rings is 1. The molecule has 0 radical (unpaired) electrons. The topological polar surface area (TPSA) is 92.8 Å². The molecule has 2 amide bonds. The molecule has 1 N–H and O–H groups in total. The number of nitriles is 1. The van der Waals surface area contributed by atoms with Gasteiger partial charge < -0.3 is 14.6 Å². The molecule has 220 valence electrons. The molecule has 2 aliphatic heterocycles. The lowest BCUT2D eigenvalue weighted by Gasteiger charge is -2.34. The average molecular weight is 576 g/mol. The summed E-state index contributed by atoms with van der Waals surface area (Å²) in [7, 11) is 0. The summed E-state index contributed by atoms with van der Waals surface area (Å²) in [5, 5.41) is 12.9. The van der Waals surface area contributed by atoms with Crippen LogP contribution in [0.3, 0.4) is 0 Å². The minimum atomic E-state index is -0.223. The van der Waals surface area contributed by atoms with Gasteiger partial charge in [0.05, 0.1) is 11.6 Å². The molecular weight excluding hydrogens is 538 g/mol. The summed E-state index contributed by atoms with van der Waals surface area (Å²) in [5.74, 6) is 0.0560. The molecule has 3 heterocycles. The molecule has 8 heteroatoms. The van der Waals surface area contributed by atoms with Crippen LogP contribution in [0.25, 0.3) is 11.0 Å².